The van der Waals surface area contributed by atoms with Gasteiger partial charge in [0.25, 0.3) is 0 Å². The molecule has 1 aromatic rings. The fourth-order valence-electron chi connectivity index (χ4n) is 3.82. The molecule has 4 amide bonds. The number of anilines is 2. The molecule has 10 nitrogen and oxygen atoms in total. The van der Waals surface area contributed by atoms with E-state index in [1.165, 1.54) is 4.90 Å². The molecular weight excluding hydrogens is 414 g/mol. The topological polar surface area (TPSA) is 111 Å². The number of hydrogen-bond donors (Lipinski definition) is 2. The summed E-state index contributed by atoms with van der Waals surface area (Å²) in [5.74, 6) is -0.610. The molecule has 0 aromatic heterocycles. The van der Waals surface area contributed by atoms with Crippen LogP contribution in [-0.2, 0) is 23.9 Å². The minimum atomic E-state index is -0.248. The summed E-state index contributed by atoms with van der Waals surface area (Å²) in [6.45, 7) is 3.75. The molecule has 0 unspecified atom stereocenters. The lowest BCUT2D eigenvalue weighted by molar-refractivity contribution is -0.135. The highest BCUT2D eigenvalue weighted by molar-refractivity contribution is 6.10. The normalized spacial score (nSPS) is 16.3. The first-order chi connectivity index (χ1) is 15.5. The van der Waals surface area contributed by atoms with Gasteiger partial charge >= 0.3 is 0 Å². The van der Waals surface area contributed by atoms with Crippen LogP contribution in [0.4, 0.5) is 11.4 Å². The highest BCUT2D eigenvalue weighted by atomic mass is 16.5. The Bertz CT molecular complexity index is 838. The monoisotopic (exact) mass is 445 g/mol. The average Bonchev–Trinajstić information content (AvgIpc) is 2.80. The van der Waals surface area contributed by atoms with Crippen molar-refractivity contribution in [2.75, 3.05) is 69.7 Å². The number of carbonyl (C=O) groups excluding carboxylic acids is 4. The molecule has 1 saturated heterocycles. The maximum Gasteiger partial charge on any atom is 0.244 e. The summed E-state index contributed by atoms with van der Waals surface area (Å²) in [6, 6.07) is 7.13. The molecule has 2 aliphatic heterocycles. The molecule has 32 heavy (non-hydrogen) atoms. The zero-order chi connectivity index (χ0) is 22.9. The lowest BCUT2D eigenvalue weighted by Gasteiger charge is -2.34. The molecule has 0 spiro atoms. The van der Waals surface area contributed by atoms with Crippen molar-refractivity contribution in [3.63, 3.8) is 0 Å². The van der Waals surface area contributed by atoms with Gasteiger partial charge in [-0.25, -0.2) is 0 Å². The second-order valence-electron chi connectivity index (χ2n) is 7.90. The molecule has 2 heterocycles. The van der Waals surface area contributed by atoms with Crippen molar-refractivity contribution in [1.82, 2.24) is 15.1 Å². The van der Waals surface area contributed by atoms with Gasteiger partial charge in [-0.2, -0.15) is 0 Å². The van der Waals surface area contributed by atoms with E-state index >= 15 is 0 Å². The molecule has 3 rings (SSSR count). The standard InChI is InChI=1S/C22H31N5O5/c1-32-14-4-9-23-19(28)15-25-10-12-26(13-11-25)21(30)7-8-22(31)27-16-20(29)24-17-5-2-3-6-18(17)27/h2-3,5-6H,4,7-16H2,1H3,(H,23,28)(H,24,29). The van der Waals surface area contributed by atoms with Crippen LogP contribution in [0.5, 0.6) is 0 Å². The number of benzene rings is 1. The summed E-state index contributed by atoms with van der Waals surface area (Å²) in [4.78, 5) is 54.4. The molecule has 0 bridgehead atoms. The van der Waals surface area contributed by atoms with E-state index in [4.69, 9.17) is 4.74 Å². The van der Waals surface area contributed by atoms with Gasteiger partial charge < -0.3 is 25.2 Å². The first-order valence-electron chi connectivity index (χ1n) is 10.9. The van der Waals surface area contributed by atoms with Gasteiger partial charge in [-0.05, 0) is 18.6 Å². The number of nitrogens with zero attached hydrogens (tertiary/aromatic N) is 3. The predicted octanol–water partition coefficient (Wildman–Crippen LogP) is 0.0488. The summed E-state index contributed by atoms with van der Waals surface area (Å²) < 4.78 is 4.96. The second-order valence-corrected chi connectivity index (χ2v) is 7.90. The van der Waals surface area contributed by atoms with Crippen LogP contribution < -0.4 is 15.5 Å². The number of rotatable bonds is 9. The van der Waals surface area contributed by atoms with Gasteiger partial charge in [-0.15, -0.1) is 0 Å². The van der Waals surface area contributed by atoms with Crippen LogP contribution in [0.1, 0.15) is 19.3 Å². The number of nitrogens with one attached hydrogen (secondary N) is 2. The number of ether oxygens (including phenoxy) is 1. The zero-order valence-electron chi connectivity index (χ0n) is 18.5. The van der Waals surface area contributed by atoms with Crippen LogP contribution in [0, 0.1) is 0 Å². The van der Waals surface area contributed by atoms with E-state index in [0.717, 1.165) is 6.42 Å². The Balaban J connectivity index is 1.40. The van der Waals surface area contributed by atoms with Gasteiger partial charge in [0.15, 0.2) is 0 Å². The summed E-state index contributed by atoms with van der Waals surface area (Å²) >= 11 is 0. The minimum absolute atomic E-state index is 0.0303. The van der Waals surface area contributed by atoms with Gasteiger partial charge in [-0.1, -0.05) is 12.1 Å². The third kappa shape index (κ3) is 6.51. The quantitative estimate of drug-likeness (QED) is 0.520. The van der Waals surface area contributed by atoms with Gasteiger partial charge in [0.1, 0.15) is 6.54 Å². The first-order valence-corrected chi connectivity index (χ1v) is 10.9. The predicted molar refractivity (Wildman–Crippen MR) is 119 cm³/mol. The van der Waals surface area contributed by atoms with Crippen molar-refractivity contribution >= 4 is 35.0 Å². The molecule has 1 fully saturated rings. The highest BCUT2D eigenvalue weighted by Gasteiger charge is 2.28. The van der Waals surface area contributed by atoms with E-state index in [9.17, 15) is 19.2 Å². The van der Waals surface area contributed by atoms with E-state index < -0.39 is 0 Å². The number of hydrogen-bond acceptors (Lipinski definition) is 6. The number of carbonyl (C=O) groups is 4. The third-order valence-corrected chi connectivity index (χ3v) is 5.56. The highest BCUT2D eigenvalue weighted by Crippen LogP contribution is 2.29. The maximum atomic E-state index is 12.7. The van der Waals surface area contributed by atoms with Gasteiger partial charge in [0.05, 0.1) is 17.9 Å². The third-order valence-electron chi connectivity index (χ3n) is 5.56. The molecule has 0 atom stereocenters. The van der Waals surface area contributed by atoms with E-state index in [-0.39, 0.29) is 43.0 Å². The van der Waals surface area contributed by atoms with E-state index in [1.807, 2.05) is 4.90 Å². The van der Waals surface area contributed by atoms with Crippen molar-refractivity contribution in [2.24, 2.45) is 0 Å². The van der Waals surface area contributed by atoms with E-state index in [0.29, 0.717) is 57.3 Å². The molecule has 0 saturated carbocycles. The SMILES string of the molecule is COCCCNC(=O)CN1CCN(C(=O)CCC(=O)N2CC(=O)Nc3ccccc32)CC1. The fraction of sp³-hybridized carbons (Fsp3) is 0.545. The maximum absolute atomic E-state index is 12.7. The lowest BCUT2D eigenvalue weighted by Crippen LogP contribution is -2.51. The van der Waals surface area contributed by atoms with Crippen molar-refractivity contribution in [3.05, 3.63) is 24.3 Å². The second kappa shape index (κ2) is 11.6. The van der Waals surface area contributed by atoms with Crippen molar-refractivity contribution in [1.29, 1.82) is 0 Å². The Morgan fingerprint density at radius 3 is 2.53 bits per heavy atom. The number of piperazine rings is 1. The van der Waals surface area contributed by atoms with Crippen LogP contribution in [0.15, 0.2) is 24.3 Å². The number of para-hydroxylation sites is 2. The van der Waals surface area contributed by atoms with Crippen LogP contribution >= 0.6 is 0 Å². The van der Waals surface area contributed by atoms with Gasteiger partial charge in [-0.3, -0.25) is 24.1 Å². The number of fused-ring (bicyclic) bond motifs is 1. The Kier molecular flexibility index (Phi) is 8.57. The molecule has 2 aliphatic rings. The molecule has 174 valence electrons. The summed E-state index contributed by atoms with van der Waals surface area (Å²) in [5, 5.41) is 5.61. The summed E-state index contributed by atoms with van der Waals surface area (Å²) in [6.07, 6.45) is 0.917. The minimum Gasteiger partial charge on any atom is -0.385 e. The summed E-state index contributed by atoms with van der Waals surface area (Å²) in [7, 11) is 1.63. The Morgan fingerprint density at radius 1 is 1.06 bits per heavy atom. The van der Waals surface area contributed by atoms with Gasteiger partial charge in [0, 0.05) is 59.3 Å². The van der Waals surface area contributed by atoms with E-state index in [1.54, 1.807) is 36.3 Å². The Morgan fingerprint density at radius 2 is 1.78 bits per heavy atom. The van der Waals surface area contributed by atoms with Crippen LogP contribution in [0.2, 0.25) is 0 Å². The van der Waals surface area contributed by atoms with Crippen LogP contribution in [0.25, 0.3) is 0 Å². The Labute approximate surface area is 187 Å². The fourth-order valence-corrected chi connectivity index (χ4v) is 3.82. The smallest absolute Gasteiger partial charge is 0.244 e. The largest absolute Gasteiger partial charge is 0.385 e. The molecule has 2 N–H and O–H groups in total. The lowest BCUT2D eigenvalue weighted by atomic mass is 10.1. The molecule has 1 aromatic carbocycles. The van der Waals surface area contributed by atoms with Crippen molar-refractivity contribution in [2.45, 2.75) is 19.3 Å². The van der Waals surface area contributed by atoms with Crippen molar-refractivity contribution in [3.8, 4) is 0 Å². The number of methoxy groups -OCH3 is 1. The van der Waals surface area contributed by atoms with Crippen molar-refractivity contribution < 1.29 is 23.9 Å². The van der Waals surface area contributed by atoms with Crippen LogP contribution in [0.3, 0.4) is 0 Å². The summed E-state index contributed by atoms with van der Waals surface area (Å²) in [5.41, 5.74) is 1.25. The molecular formula is C22H31N5O5. The zero-order valence-corrected chi connectivity index (χ0v) is 18.5. The van der Waals surface area contributed by atoms with Gasteiger partial charge in [0.2, 0.25) is 23.6 Å². The molecule has 0 aliphatic carbocycles. The number of amides is 4. The molecule has 0 radical (unpaired) electrons. The molecule has 10 heteroatoms. The first kappa shape index (κ1) is 23.7. The Hall–Kier alpha value is -2.98. The van der Waals surface area contributed by atoms with Crippen LogP contribution in [-0.4, -0.2) is 93.0 Å². The van der Waals surface area contributed by atoms with E-state index in [2.05, 4.69) is 10.6 Å². The average molecular weight is 446 g/mol.